The number of amides is 2. The SMILES string of the molecule is CNCCN1c2ccc(C(=O)OCC(=O)N(C)C)cc2NC1(Nc1nc2ccc(Cl)cc2s1)C(N)=O. The molecule has 0 saturated carbocycles. The first-order valence-electron chi connectivity index (χ1n) is 11.0. The Kier molecular flexibility index (Phi) is 7.20. The highest BCUT2D eigenvalue weighted by Crippen LogP contribution is 2.42. The van der Waals surface area contributed by atoms with Crippen molar-refractivity contribution in [1.29, 1.82) is 0 Å². The van der Waals surface area contributed by atoms with Gasteiger partial charge in [0.1, 0.15) is 0 Å². The van der Waals surface area contributed by atoms with Crippen molar-refractivity contribution in [1.82, 2.24) is 15.2 Å². The maximum absolute atomic E-state index is 13.0. The lowest BCUT2D eigenvalue weighted by molar-refractivity contribution is -0.132. The van der Waals surface area contributed by atoms with E-state index in [2.05, 4.69) is 20.9 Å². The van der Waals surface area contributed by atoms with Crippen LogP contribution in [0.15, 0.2) is 36.4 Å². The third kappa shape index (κ3) is 4.87. The van der Waals surface area contributed by atoms with Crippen molar-refractivity contribution in [3.63, 3.8) is 0 Å². The number of nitrogens with one attached hydrogen (secondary N) is 3. The molecule has 2 heterocycles. The molecular formula is C23H26ClN7O4S. The Morgan fingerprint density at radius 3 is 2.72 bits per heavy atom. The van der Waals surface area contributed by atoms with Gasteiger partial charge in [-0.25, -0.2) is 9.78 Å². The van der Waals surface area contributed by atoms with Gasteiger partial charge >= 0.3 is 5.97 Å². The van der Waals surface area contributed by atoms with Crippen molar-refractivity contribution in [3.05, 3.63) is 47.0 Å². The fourth-order valence-electron chi connectivity index (χ4n) is 3.75. The number of thiazole rings is 1. The van der Waals surface area contributed by atoms with Gasteiger partial charge < -0.3 is 36.2 Å². The zero-order valence-electron chi connectivity index (χ0n) is 19.9. The van der Waals surface area contributed by atoms with Crippen molar-refractivity contribution in [2.75, 3.05) is 56.4 Å². The lowest BCUT2D eigenvalue weighted by Gasteiger charge is -2.37. The molecule has 2 amide bonds. The van der Waals surface area contributed by atoms with Crippen LogP contribution >= 0.6 is 22.9 Å². The van der Waals surface area contributed by atoms with E-state index in [0.717, 1.165) is 10.2 Å². The van der Waals surface area contributed by atoms with Crippen LogP contribution in [-0.2, 0) is 14.3 Å². The van der Waals surface area contributed by atoms with Crippen LogP contribution in [0.4, 0.5) is 16.5 Å². The van der Waals surface area contributed by atoms with Gasteiger partial charge in [-0.1, -0.05) is 22.9 Å². The molecule has 1 aliphatic rings. The topological polar surface area (TPSA) is 142 Å². The number of carbonyl (C=O) groups is 3. The number of rotatable bonds is 9. The highest BCUT2D eigenvalue weighted by Gasteiger charge is 2.49. The van der Waals surface area contributed by atoms with E-state index in [1.165, 1.54) is 16.2 Å². The molecule has 1 aliphatic heterocycles. The predicted molar refractivity (Wildman–Crippen MR) is 140 cm³/mol. The molecule has 4 rings (SSSR count). The number of nitrogens with zero attached hydrogens (tertiary/aromatic N) is 3. The van der Waals surface area contributed by atoms with Crippen LogP contribution in [-0.4, -0.2) is 74.3 Å². The van der Waals surface area contributed by atoms with E-state index in [1.54, 1.807) is 62.4 Å². The van der Waals surface area contributed by atoms with E-state index in [1.807, 2.05) is 0 Å². The minimum atomic E-state index is -1.56. The Bertz CT molecular complexity index is 1330. The number of primary amides is 1. The van der Waals surface area contributed by atoms with Crippen LogP contribution < -0.4 is 26.6 Å². The van der Waals surface area contributed by atoms with Crippen LogP contribution in [0.25, 0.3) is 10.2 Å². The highest BCUT2D eigenvalue weighted by molar-refractivity contribution is 7.22. The molecule has 13 heteroatoms. The number of ether oxygens (including phenoxy) is 1. The number of hydrogen-bond donors (Lipinski definition) is 4. The Morgan fingerprint density at radius 2 is 2.03 bits per heavy atom. The molecule has 1 aromatic heterocycles. The zero-order chi connectivity index (χ0) is 26.0. The molecule has 2 aromatic carbocycles. The number of halogens is 1. The van der Waals surface area contributed by atoms with E-state index in [4.69, 9.17) is 22.1 Å². The molecule has 1 atom stereocenters. The number of anilines is 3. The number of aromatic nitrogens is 1. The molecule has 3 aromatic rings. The summed E-state index contributed by atoms with van der Waals surface area (Å²) in [7, 11) is 4.95. The first-order valence-corrected chi connectivity index (χ1v) is 12.2. The number of esters is 1. The van der Waals surface area contributed by atoms with Gasteiger partial charge in [-0.15, -0.1) is 0 Å². The molecule has 0 aliphatic carbocycles. The lowest BCUT2D eigenvalue weighted by atomic mass is 10.1. The van der Waals surface area contributed by atoms with Gasteiger partial charge in [-0.2, -0.15) is 0 Å². The minimum absolute atomic E-state index is 0.219. The number of fused-ring (bicyclic) bond motifs is 2. The monoisotopic (exact) mass is 531 g/mol. The number of carbonyl (C=O) groups excluding carboxylic acids is 3. The maximum Gasteiger partial charge on any atom is 0.338 e. The molecule has 5 N–H and O–H groups in total. The normalized spacial score (nSPS) is 16.4. The van der Waals surface area contributed by atoms with Gasteiger partial charge in [0, 0.05) is 32.2 Å². The van der Waals surface area contributed by atoms with Gasteiger partial charge in [0.15, 0.2) is 11.7 Å². The predicted octanol–water partition coefficient (Wildman–Crippen LogP) is 1.90. The summed E-state index contributed by atoms with van der Waals surface area (Å²) in [6.07, 6.45) is 0. The third-order valence-corrected chi connectivity index (χ3v) is 6.82. The Labute approximate surface area is 216 Å². The van der Waals surface area contributed by atoms with E-state index in [9.17, 15) is 14.4 Å². The van der Waals surface area contributed by atoms with Crippen molar-refractivity contribution < 1.29 is 19.1 Å². The van der Waals surface area contributed by atoms with Crippen molar-refractivity contribution in [2.24, 2.45) is 5.73 Å². The summed E-state index contributed by atoms with van der Waals surface area (Å²) >= 11 is 7.44. The van der Waals surface area contributed by atoms with Crippen molar-refractivity contribution in [2.45, 2.75) is 5.79 Å². The second-order valence-electron chi connectivity index (χ2n) is 8.31. The van der Waals surface area contributed by atoms with Gasteiger partial charge in [0.2, 0.25) is 0 Å². The molecule has 190 valence electrons. The molecule has 1 unspecified atom stereocenters. The van der Waals surface area contributed by atoms with Crippen LogP contribution in [0.3, 0.4) is 0 Å². The minimum Gasteiger partial charge on any atom is -0.452 e. The summed E-state index contributed by atoms with van der Waals surface area (Å²) in [5.41, 5.74) is 8.04. The fourth-order valence-corrected chi connectivity index (χ4v) is 4.95. The fraction of sp³-hybridized carbons (Fsp3) is 0.304. The van der Waals surface area contributed by atoms with E-state index < -0.39 is 17.7 Å². The van der Waals surface area contributed by atoms with E-state index in [-0.39, 0.29) is 18.1 Å². The second-order valence-corrected chi connectivity index (χ2v) is 9.77. The van der Waals surface area contributed by atoms with Gasteiger partial charge in [0.25, 0.3) is 17.6 Å². The van der Waals surface area contributed by atoms with Gasteiger partial charge in [-0.3, -0.25) is 9.59 Å². The van der Waals surface area contributed by atoms with E-state index >= 15 is 0 Å². The first-order chi connectivity index (χ1) is 17.1. The summed E-state index contributed by atoms with van der Waals surface area (Å²) < 4.78 is 5.98. The molecular weight excluding hydrogens is 506 g/mol. The van der Waals surface area contributed by atoms with Gasteiger partial charge in [-0.05, 0) is 43.4 Å². The average molecular weight is 532 g/mol. The second kappa shape index (κ2) is 10.2. The number of likely N-dealkylation sites (N-methyl/N-ethyl adjacent to an activating group) is 2. The quantitative estimate of drug-likeness (QED) is 0.304. The van der Waals surface area contributed by atoms with Gasteiger partial charge in [0.05, 0.1) is 27.2 Å². The molecule has 0 bridgehead atoms. The summed E-state index contributed by atoms with van der Waals surface area (Å²) in [5.74, 6) is -3.24. The smallest absolute Gasteiger partial charge is 0.338 e. The average Bonchev–Trinajstić information content (AvgIpc) is 3.38. The molecule has 11 nitrogen and oxygen atoms in total. The van der Waals surface area contributed by atoms with Crippen LogP contribution in [0.1, 0.15) is 10.4 Å². The molecule has 36 heavy (non-hydrogen) atoms. The van der Waals surface area contributed by atoms with Crippen LogP contribution in [0, 0.1) is 0 Å². The molecule has 0 radical (unpaired) electrons. The van der Waals surface area contributed by atoms with E-state index in [0.29, 0.717) is 34.6 Å². The Hall–Kier alpha value is -3.61. The Morgan fingerprint density at radius 1 is 1.25 bits per heavy atom. The summed E-state index contributed by atoms with van der Waals surface area (Å²) in [5, 5.41) is 10.5. The zero-order valence-corrected chi connectivity index (χ0v) is 21.5. The lowest BCUT2D eigenvalue weighted by Crippen LogP contribution is -2.66. The van der Waals surface area contributed by atoms with Crippen molar-refractivity contribution in [3.8, 4) is 0 Å². The third-order valence-electron chi connectivity index (χ3n) is 5.65. The highest BCUT2D eigenvalue weighted by atomic mass is 35.5. The summed E-state index contributed by atoms with van der Waals surface area (Å²) in [4.78, 5) is 45.0. The molecule has 0 spiro atoms. The first kappa shape index (κ1) is 25.5. The van der Waals surface area contributed by atoms with Crippen LogP contribution in [0.2, 0.25) is 5.02 Å². The summed E-state index contributed by atoms with van der Waals surface area (Å²) in [6.45, 7) is 0.576. The van der Waals surface area contributed by atoms with Crippen molar-refractivity contribution >= 4 is 67.4 Å². The number of nitrogens with two attached hydrogens (primary N) is 1. The maximum atomic E-state index is 13.0. The molecule has 0 saturated heterocycles. The standard InChI is InChI=1S/C23H26ClN7O4S/c1-26-8-9-31-17-7-4-13(20(33)35-12-19(32)30(2)3)10-16(17)28-23(31,21(25)34)29-22-27-15-6-5-14(24)11-18(15)36-22/h4-7,10-11,26,28H,8-9,12H2,1-3H3,(H2,25,34)(H,27,29). The Balaban J connectivity index is 1.66. The largest absolute Gasteiger partial charge is 0.452 e. The number of benzene rings is 2. The molecule has 0 fully saturated rings. The summed E-state index contributed by atoms with van der Waals surface area (Å²) in [6, 6.07) is 10.2. The number of hydrogen-bond acceptors (Lipinski definition) is 10. The van der Waals surface area contributed by atoms with Crippen LogP contribution in [0.5, 0.6) is 0 Å².